The van der Waals surface area contributed by atoms with Crippen molar-refractivity contribution in [2.45, 2.75) is 39.5 Å². The SMILES string of the molecule is CC(C)c1ccc(N)nc1.CC(C)c1cccnc1. The lowest BCUT2D eigenvalue weighted by Crippen LogP contribution is -1.92. The second-order valence-corrected chi connectivity index (χ2v) is 5.11. The van der Waals surface area contributed by atoms with E-state index in [-0.39, 0.29) is 0 Å². The molecule has 0 radical (unpaired) electrons. The van der Waals surface area contributed by atoms with Crippen LogP contribution in [-0.2, 0) is 0 Å². The summed E-state index contributed by atoms with van der Waals surface area (Å²) in [5.74, 6) is 1.72. The minimum absolute atomic E-state index is 0.535. The van der Waals surface area contributed by atoms with Gasteiger partial charge in [0.25, 0.3) is 0 Å². The number of aromatic nitrogens is 2. The Hall–Kier alpha value is -1.90. The summed E-state index contributed by atoms with van der Waals surface area (Å²) in [4.78, 5) is 7.98. The zero-order chi connectivity index (χ0) is 14.3. The van der Waals surface area contributed by atoms with E-state index >= 15 is 0 Å². The molecule has 0 bridgehead atoms. The Bertz CT molecular complexity index is 461. The number of nitrogens with zero attached hydrogens (tertiary/aromatic N) is 2. The summed E-state index contributed by atoms with van der Waals surface area (Å²) in [6.45, 7) is 8.59. The molecule has 102 valence electrons. The van der Waals surface area contributed by atoms with Crippen LogP contribution in [0.2, 0.25) is 0 Å². The lowest BCUT2D eigenvalue weighted by atomic mass is 10.1. The first-order valence-electron chi connectivity index (χ1n) is 6.62. The smallest absolute Gasteiger partial charge is 0.123 e. The fraction of sp³-hybridized carbons (Fsp3) is 0.375. The van der Waals surface area contributed by atoms with Crippen molar-refractivity contribution in [3.05, 3.63) is 54.0 Å². The van der Waals surface area contributed by atoms with Crippen molar-refractivity contribution in [2.75, 3.05) is 5.73 Å². The highest BCUT2D eigenvalue weighted by Gasteiger charge is 1.96. The summed E-state index contributed by atoms with van der Waals surface area (Å²) in [7, 11) is 0. The number of hydrogen-bond acceptors (Lipinski definition) is 3. The molecular weight excluding hydrogens is 234 g/mol. The van der Waals surface area contributed by atoms with Crippen LogP contribution in [0.4, 0.5) is 5.82 Å². The minimum atomic E-state index is 0.535. The molecule has 3 heteroatoms. The Morgan fingerprint density at radius 2 is 1.53 bits per heavy atom. The molecule has 0 aliphatic carbocycles. The predicted molar refractivity (Wildman–Crippen MR) is 81.1 cm³/mol. The van der Waals surface area contributed by atoms with Crippen molar-refractivity contribution in [3.8, 4) is 0 Å². The van der Waals surface area contributed by atoms with Crippen LogP contribution in [0.25, 0.3) is 0 Å². The van der Waals surface area contributed by atoms with Crippen LogP contribution in [-0.4, -0.2) is 9.97 Å². The van der Waals surface area contributed by atoms with Crippen LogP contribution in [0.1, 0.15) is 50.7 Å². The molecule has 0 saturated carbocycles. The first kappa shape index (κ1) is 15.2. The average molecular weight is 257 g/mol. The van der Waals surface area contributed by atoms with Gasteiger partial charge in [-0.2, -0.15) is 0 Å². The van der Waals surface area contributed by atoms with Crippen LogP contribution in [0.5, 0.6) is 0 Å². The quantitative estimate of drug-likeness (QED) is 0.885. The van der Waals surface area contributed by atoms with Gasteiger partial charge in [-0.3, -0.25) is 4.98 Å². The van der Waals surface area contributed by atoms with Gasteiger partial charge in [-0.1, -0.05) is 39.8 Å². The number of rotatable bonds is 2. The van der Waals surface area contributed by atoms with Crippen LogP contribution >= 0.6 is 0 Å². The number of nitrogens with two attached hydrogens (primary N) is 1. The highest BCUT2D eigenvalue weighted by atomic mass is 14.8. The molecule has 2 aromatic heterocycles. The largest absolute Gasteiger partial charge is 0.384 e. The highest BCUT2D eigenvalue weighted by molar-refractivity contribution is 5.30. The first-order valence-corrected chi connectivity index (χ1v) is 6.62. The standard InChI is InChI=1S/C8H12N2.C8H11N/c1-6(2)7-3-4-8(9)10-5-7;1-7(2)8-4-3-5-9-6-8/h3-6H,1-2H3,(H2,9,10);3-7H,1-2H3. The van der Waals surface area contributed by atoms with E-state index in [0.29, 0.717) is 17.7 Å². The van der Waals surface area contributed by atoms with E-state index in [4.69, 9.17) is 5.73 Å². The fourth-order valence-corrected chi connectivity index (χ4v) is 1.48. The van der Waals surface area contributed by atoms with Gasteiger partial charge in [0.1, 0.15) is 5.82 Å². The number of nitrogen functional groups attached to an aromatic ring is 1. The predicted octanol–water partition coefficient (Wildman–Crippen LogP) is 3.99. The van der Waals surface area contributed by atoms with E-state index in [1.54, 1.807) is 6.20 Å². The molecule has 0 spiro atoms. The van der Waals surface area contributed by atoms with Gasteiger partial charge in [-0.25, -0.2) is 4.98 Å². The maximum absolute atomic E-state index is 5.42. The van der Waals surface area contributed by atoms with Crippen molar-refractivity contribution in [2.24, 2.45) is 0 Å². The van der Waals surface area contributed by atoms with Crippen molar-refractivity contribution in [1.82, 2.24) is 9.97 Å². The Morgan fingerprint density at radius 3 is 1.89 bits per heavy atom. The average Bonchev–Trinajstić information content (AvgIpc) is 2.41. The minimum Gasteiger partial charge on any atom is -0.384 e. The highest BCUT2D eigenvalue weighted by Crippen LogP contribution is 2.12. The Morgan fingerprint density at radius 1 is 0.895 bits per heavy atom. The second kappa shape index (κ2) is 7.52. The molecule has 2 heterocycles. The van der Waals surface area contributed by atoms with E-state index in [9.17, 15) is 0 Å². The van der Waals surface area contributed by atoms with Crippen LogP contribution < -0.4 is 5.73 Å². The van der Waals surface area contributed by atoms with Crippen LogP contribution in [0.15, 0.2) is 42.9 Å². The van der Waals surface area contributed by atoms with Gasteiger partial charge in [0.15, 0.2) is 0 Å². The fourth-order valence-electron chi connectivity index (χ4n) is 1.48. The summed E-state index contributed by atoms with van der Waals surface area (Å²) >= 11 is 0. The van der Waals surface area contributed by atoms with Crippen LogP contribution in [0, 0.1) is 0 Å². The van der Waals surface area contributed by atoms with Crippen molar-refractivity contribution in [3.63, 3.8) is 0 Å². The molecule has 0 saturated heterocycles. The number of anilines is 1. The number of pyridine rings is 2. The van der Waals surface area contributed by atoms with E-state index in [0.717, 1.165) is 0 Å². The molecule has 2 rings (SSSR count). The molecule has 0 unspecified atom stereocenters. The molecule has 0 fully saturated rings. The van der Waals surface area contributed by atoms with Gasteiger partial charge in [0.2, 0.25) is 0 Å². The molecule has 0 atom stereocenters. The molecule has 2 aromatic rings. The van der Waals surface area contributed by atoms with E-state index in [1.165, 1.54) is 11.1 Å². The van der Waals surface area contributed by atoms with Gasteiger partial charge >= 0.3 is 0 Å². The van der Waals surface area contributed by atoms with Gasteiger partial charge in [-0.15, -0.1) is 0 Å². The van der Waals surface area contributed by atoms with E-state index in [1.807, 2.05) is 30.6 Å². The summed E-state index contributed by atoms with van der Waals surface area (Å²) in [6.07, 6.45) is 5.52. The lowest BCUT2D eigenvalue weighted by Gasteiger charge is -2.02. The summed E-state index contributed by atoms with van der Waals surface area (Å²) in [6, 6.07) is 7.90. The zero-order valence-corrected chi connectivity index (χ0v) is 12.2. The summed E-state index contributed by atoms with van der Waals surface area (Å²) < 4.78 is 0. The molecule has 0 amide bonds. The molecule has 0 aliphatic rings. The summed E-state index contributed by atoms with van der Waals surface area (Å²) in [5.41, 5.74) is 7.95. The van der Waals surface area contributed by atoms with Gasteiger partial charge in [-0.05, 0) is 35.1 Å². The van der Waals surface area contributed by atoms with Gasteiger partial charge in [0, 0.05) is 18.6 Å². The van der Waals surface area contributed by atoms with Crippen molar-refractivity contribution >= 4 is 5.82 Å². The lowest BCUT2D eigenvalue weighted by molar-refractivity contribution is 0.858. The van der Waals surface area contributed by atoms with E-state index in [2.05, 4.69) is 43.7 Å². The summed E-state index contributed by atoms with van der Waals surface area (Å²) in [5, 5.41) is 0. The molecule has 0 aliphatic heterocycles. The molecule has 2 N–H and O–H groups in total. The van der Waals surface area contributed by atoms with Gasteiger partial charge in [0.05, 0.1) is 0 Å². The molecule has 3 nitrogen and oxygen atoms in total. The third-order valence-corrected chi connectivity index (χ3v) is 2.83. The maximum atomic E-state index is 5.42. The maximum Gasteiger partial charge on any atom is 0.123 e. The van der Waals surface area contributed by atoms with Gasteiger partial charge < -0.3 is 5.73 Å². The first-order chi connectivity index (χ1) is 9.00. The Labute approximate surface area is 115 Å². The molecular formula is C16H23N3. The normalized spacial score (nSPS) is 10.2. The molecule has 19 heavy (non-hydrogen) atoms. The Balaban J connectivity index is 0.000000191. The van der Waals surface area contributed by atoms with Crippen LogP contribution in [0.3, 0.4) is 0 Å². The molecule has 0 aromatic carbocycles. The Kier molecular flexibility index (Phi) is 6.00. The third kappa shape index (κ3) is 5.51. The monoisotopic (exact) mass is 257 g/mol. The third-order valence-electron chi connectivity index (χ3n) is 2.83. The zero-order valence-electron chi connectivity index (χ0n) is 12.2. The number of hydrogen-bond donors (Lipinski definition) is 1. The second-order valence-electron chi connectivity index (χ2n) is 5.11. The van der Waals surface area contributed by atoms with Crippen molar-refractivity contribution < 1.29 is 0 Å². The topological polar surface area (TPSA) is 51.8 Å². The van der Waals surface area contributed by atoms with Crippen molar-refractivity contribution in [1.29, 1.82) is 0 Å². The van der Waals surface area contributed by atoms with E-state index < -0.39 is 0 Å².